The minimum atomic E-state index is 0.285. The molecule has 2 rings (SSSR count). The summed E-state index contributed by atoms with van der Waals surface area (Å²) >= 11 is 11.9. The lowest BCUT2D eigenvalue weighted by atomic mass is 10.3. The summed E-state index contributed by atoms with van der Waals surface area (Å²) in [5, 5.41) is 0.843. The second-order valence-electron chi connectivity index (χ2n) is 2.83. The highest BCUT2D eigenvalue weighted by molar-refractivity contribution is 6.69. The van der Waals surface area contributed by atoms with Crippen LogP contribution in [-0.4, -0.2) is 5.17 Å². The van der Waals surface area contributed by atoms with Crippen LogP contribution in [0, 0.1) is 0 Å². The molecule has 0 aliphatic heterocycles. The molecular formula is C11H7Cl2NO. The molecule has 0 aliphatic rings. The van der Waals surface area contributed by atoms with Gasteiger partial charge in [-0.05, 0) is 24.3 Å². The third kappa shape index (κ3) is 2.41. The molecule has 0 saturated carbocycles. The minimum absolute atomic E-state index is 0.285. The van der Waals surface area contributed by atoms with Gasteiger partial charge in [0, 0.05) is 0 Å². The zero-order valence-electron chi connectivity index (χ0n) is 7.65. The fourth-order valence-electron chi connectivity index (χ4n) is 1.10. The van der Waals surface area contributed by atoms with Crippen LogP contribution in [0.1, 0.15) is 5.76 Å². The average molecular weight is 240 g/mol. The first-order chi connectivity index (χ1) is 7.27. The quantitative estimate of drug-likeness (QED) is 0.720. The van der Waals surface area contributed by atoms with Crippen molar-refractivity contribution >= 4 is 34.1 Å². The average Bonchev–Trinajstić information content (AvgIpc) is 2.74. The van der Waals surface area contributed by atoms with Crippen molar-refractivity contribution in [2.45, 2.75) is 0 Å². The Morgan fingerprint density at radius 2 is 1.93 bits per heavy atom. The Labute approximate surface area is 97.1 Å². The number of furan rings is 1. The summed E-state index contributed by atoms with van der Waals surface area (Å²) in [6.07, 6.45) is 1.54. The van der Waals surface area contributed by atoms with E-state index in [1.807, 2.05) is 12.1 Å². The van der Waals surface area contributed by atoms with Crippen LogP contribution < -0.4 is 0 Å². The number of benzene rings is 1. The van der Waals surface area contributed by atoms with Crippen LogP contribution in [0.4, 0.5) is 5.69 Å². The van der Waals surface area contributed by atoms with Gasteiger partial charge >= 0.3 is 0 Å². The molecule has 0 fully saturated rings. The molecule has 0 saturated heterocycles. The Hall–Kier alpha value is -1.25. The van der Waals surface area contributed by atoms with Crippen molar-refractivity contribution in [3.05, 3.63) is 53.4 Å². The lowest BCUT2D eigenvalue weighted by Gasteiger charge is -1.97. The van der Waals surface area contributed by atoms with Crippen molar-refractivity contribution in [1.82, 2.24) is 0 Å². The monoisotopic (exact) mass is 239 g/mol. The lowest BCUT2D eigenvalue weighted by molar-refractivity contribution is 0.559. The Bertz CT molecular complexity index is 477. The normalized spacial score (nSPS) is 11.7. The maximum Gasteiger partial charge on any atom is 0.172 e. The summed E-state index contributed by atoms with van der Waals surface area (Å²) in [7, 11) is 0. The summed E-state index contributed by atoms with van der Waals surface area (Å²) < 4.78 is 5.10. The second kappa shape index (κ2) is 4.51. The molecule has 2 aromatic rings. The number of halogens is 2. The largest absolute Gasteiger partial charge is 0.462 e. The van der Waals surface area contributed by atoms with E-state index < -0.39 is 0 Å². The van der Waals surface area contributed by atoms with Crippen molar-refractivity contribution in [3.8, 4) is 0 Å². The maximum atomic E-state index is 5.95. The Balaban J connectivity index is 2.35. The molecule has 0 amide bonds. The molecule has 0 unspecified atom stereocenters. The number of para-hydroxylation sites is 1. The molecule has 0 spiro atoms. The van der Waals surface area contributed by atoms with Gasteiger partial charge in [-0.1, -0.05) is 35.3 Å². The molecule has 0 radical (unpaired) electrons. The zero-order valence-corrected chi connectivity index (χ0v) is 9.16. The van der Waals surface area contributed by atoms with E-state index in [0.29, 0.717) is 16.5 Å². The van der Waals surface area contributed by atoms with Crippen molar-refractivity contribution in [2.75, 3.05) is 0 Å². The van der Waals surface area contributed by atoms with Crippen molar-refractivity contribution in [1.29, 1.82) is 0 Å². The molecule has 0 N–H and O–H groups in total. The highest BCUT2D eigenvalue weighted by Gasteiger charge is 2.04. The summed E-state index contributed by atoms with van der Waals surface area (Å²) in [5.41, 5.74) is 0.626. The van der Waals surface area contributed by atoms with Crippen LogP contribution >= 0.6 is 23.2 Å². The van der Waals surface area contributed by atoms with Crippen LogP contribution in [0.15, 0.2) is 52.1 Å². The van der Waals surface area contributed by atoms with Gasteiger partial charge in [0.1, 0.15) is 0 Å². The van der Waals surface area contributed by atoms with Gasteiger partial charge in [0.15, 0.2) is 10.9 Å². The summed E-state index contributed by atoms with van der Waals surface area (Å²) in [6.45, 7) is 0. The first-order valence-corrected chi connectivity index (χ1v) is 5.05. The zero-order chi connectivity index (χ0) is 10.7. The molecule has 2 nitrogen and oxygen atoms in total. The Morgan fingerprint density at radius 3 is 2.60 bits per heavy atom. The van der Waals surface area contributed by atoms with Crippen LogP contribution in [0.3, 0.4) is 0 Å². The standard InChI is InChI=1S/C11H7Cl2NO/c12-8-4-1-2-5-9(8)14-11(13)10-6-3-7-15-10/h1-7H. The summed E-state index contributed by atoms with van der Waals surface area (Å²) in [6, 6.07) is 10.7. The molecule has 15 heavy (non-hydrogen) atoms. The molecule has 1 aromatic carbocycles. The molecule has 1 heterocycles. The molecular weight excluding hydrogens is 233 g/mol. The number of rotatable bonds is 2. The fourth-order valence-corrected chi connectivity index (χ4v) is 1.48. The van der Waals surface area contributed by atoms with Gasteiger partial charge in [-0.25, -0.2) is 4.99 Å². The van der Waals surface area contributed by atoms with Gasteiger partial charge in [-0.3, -0.25) is 0 Å². The van der Waals surface area contributed by atoms with Crippen molar-refractivity contribution in [2.24, 2.45) is 4.99 Å². The SMILES string of the molecule is ClC(=Nc1ccccc1Cl)c1ccco1. The molecule has 4 heteroatoms. The van der Waals surface area contributed by atoms with E-state index in [1.54, 1.807) is 30.5 Å². The smallest absolute Gasteiger partial charge is 0.172 e. The lowest BCUT2D eigenvalue weighted by Crippen LogP contribution is -1.86. The maximum absolute atomic E-state index is 5.95. The Morgan fingerprint density at radius 1 is 1.13 bits per heavy atom. The van der Waals surface area contributed by atoms with E-state index in [1.165, 1.54) is 0 Å². The predicted molar refractivity (Wildman–Crippen MR) is 62.2 cm³/mol. The van der Waals surface area contributed by atoms with Crippen molar-refractivity contribution in [3.63, 3.8) is 0 Å². The second-order valence-corrected chi connectivity index (χ2v) is 3.60. The van der Waals surface area contributed by atoms with E-state index in [4.69, 9.17) is 27.6 Å². The van der Waals surface area contributed by atoms with E-state index >= 15 is 0 Å². The van der Waals surface area contributed by atoms with Crippen LogP contribution in [-0.2, 0) is 0 Å². The molecule has 1 aromatic heterocycles. The van der Waals surface area contributed by atoms with Gasteiger partial charge < -0.3 is 4.42 Å². The number of aliphatic imine (C=N–C) groups is 1. The van der Waals surface area contributed by atoms with E-state index in [9.17, 15) is 0 Å². The van der Waals surface area contributed by atoms with Crippen LogP contribution in [0.2, 0.25) is 5.02 Å². The summed E-state index contributed by atoms with van der Waals surface area (Å²) in [4.78, 5) is 4.16. The van der Waals surface area contributed by atoms with E-state index in [-0.39, 0.29) is 5.17 Å². The molecule has 0 atom stereocenters. The van der Waals surface area contributed by atoms with E-state index in [2.05, 4.69) is 4.99 Å². The highest BCUT2D eigenvalue weighted by Crippen LogP contribution is 2.25. The fraction of sp³-hybridized carbons (Fsp3) is 0. The number of hydrogen-bond acceptors (Lipinski definition) is 2. The van der Waals surface area contributed by atoms with Gasteiger partial charge in [0.2, 0.25) is 0 Å². The Kier molecular flexibility index (Phi) is 3.09. The van der Waals surface area contributed by atoms with Crippen LogP contribution in [0.5, 0.6) is 0 Å². The first kappa shape index (κ1) is 10.3. The third-order valence-corrected chi connectivity index (χ3v) is 2.39. The molecule has 0 bridgehead atoms. The van der Waals surface area contributed by atoms with Gasteiger partial charge in [-0.15, -0.1) is 0 Å². The number of hydrogen-bond donors (Lipinski definition) is 0. The molecule has 0 aliphatic carbocycles. The highest BCUT2D eigenvalue weighted by atomic mass is 35.5. The topological polar surface area (TPSA) is 25.5 Å². The predicted octanol–water partition coefficient (Wildman–Crippen LogP) is 4.25. The van der Waals surface area contributed by atoms with Gasteiger partial charge in [0.25, 0.3) is 0 Å². The van der Waals surface area contributed by atoms with Gasteiger partial charge in [0.05, 0.1) is 17.0 Å². The third-order valence-electron chi connectivity index (χ3n) is 1.80. The van der Waals surface area contributed by atoms with Crippen LogP contribution in [0.25, 0.3) is 0 Å². The molecule has 76 valence electrons. The van der Waals surface area contributed by atoms with Gasteiger partial charge in [-0.2, -0.15) is 0 Å². The van der Waals surface area contributed by atoms with E-state index in [0.717, 1.165) is 0 Å². The number of nitrogens with zero attached hydrogens (tertiary/aromatic N) is 1. The van der Waals surface area contributed by atoms with Crippen molar-refractivity contribution < 1.29 is 4.42 Å². The first-order valence-electron chi connectivity index (χ1n) is 4.30. The summed E-state index contributed by atoms with van der Waals surface area (Å²) in [5.74, 6) is 0.525. The minimum Gasteiger partial charge on any atom is -0.462 e.